The first-order chi connectivity index (χ1) is 9.16. The molecule has 0 radical (unpaired) electrons. The molecule has 100 valence electrons. The van der Waals surface area contributed by atoms with E-state index in [4.69, 9.17) is 11.5 Å². The highest BCUT2D eigenvalue weighted by Crippen LogP contribution is 2.50. The van der Waals surface area contributed by atoms with E-state index in [-0.39, 0.29) is 0 Å². The average molecular weight is 279 g/mol. The van der Waals surface area contributed by atoms with Crippen molar-refractivity contribution in [1.29, 1.82) is 0 Å². The van der Waals surface area contributed by atoms with Crippen LogP contribution in [0.2, 0.25) is 0 Å². The highest BCUT2D eigenvalue weighted by Gasteiger charge is 2.32. The molecule has 1 saturated carbocycles. The molecule has 19 heavy (non-hydrogen) atoms. The van der Waals surface area contributed by atoms with Crippen molar-refractivity contribution < 1.29 is 9.32 Å². The Balaban J connectivity index is 1.86. The topological polar surface area (TPSA) is 120 Å². The summed E-state index contributed by atoms with van der Waals surface area (Å²) in [5.74, 6) is 0.489. The zero-order valence-corrected chi connectivity index (χ0v) is 10.9. The number of anilines is 2. The van der Waals surface area contributed by atoms with E-state index in [0.29, 0.717) is 28.9 Å². The first kappa shape index (κ1) is 12.0. The van der Waals surface area contributed by atoms with Crippen molar-refractivity contribution in [2.45, 2.75) is 25.3 Å². The van der Waals surface area contributed by atoms with Gasteiger partial charge in [-0.1, -0.05) is 5.16 Å². The summed E-state index contributed by atoms with van der Waals surface area (Å²) in [5, 5.41) is 7.79. The summed E-state index contributed by atoms with van der Waals surface area (Å²) < 4.78 is 4.66. The van der Waals surface area contributed by atoms with Crippen LogP contribution in [0.4, 0.5) is 10.7 Å². The summed E-state index contributed by atoms with van der Waals surface area (Å²) in [6, 6.07) is 0. The zero-order valence-electron chi connectivity index (χ0n) is 10.0. The predicted molar refractivity (Wildman–Crippen MR) is 70.8 cm³/mol. The van der Waals surface area contributed by atoms with Crippen LogP contribution in [0.1, 0.15) is 39.8 Å². The molecule has 2 aromatic heterocycles. The van der Waals surface area contributed by atoms with E-state index < -0.39 is 5.91 Å². The molecule has 2 aromatic rings. The zero-order chi connectivity index (χ0) is 13.4. The lowest BCUT2D eigenvalue weighted by molar-refractivity contribution is 0.100. The lowest BCUT2D eigenvalue weighted by Gasteiger charge is -2.04. The highest BCUT2D eigenvalue weighted by atomic mass is 32.1. The molecule has 0 bridgehead atoms. The number of aromatic nitrogens is 2. The summed E-state index contributed by atoms with van der Waals surface area (Å²) in [6.45, 7) is 0.425. The number of amides is 1. The number of nitrogens with two attached hydrogens (primary N) is 2. The Morgan fingerprint density at radius 1 is 1.58 bits per heavy atom. The van der Waals surface area contributed by atoms with Crippen molar-refractivity contribution in [2.24, 2.45) is 5.73 Å². The Kier molecular flexibility index (Phi) is 2.86. The van der Waals surface area contributed by atoms with Crippen LogP contribution in [0.25, 0.3) is 0 Å². The van der Waals surface area contributed by atoms with Gasteiger partial charge in [-0.15, -0.1) is 11.3 Å². The Bertz CT molecular complexity index is 603. The van der Waals surface area contributed by atoms with Gasteiger partial charge in [0, 0.05) is 5.56 Å². The minimum Gasteiger partial charge on any atom is -0.397 e. The molecule has 1 fully saturated rings. The Morgan fingerprint density at radius 2 is 2.37 bits per heavy atom. The first-order valence-corrected chi connectivity index (χ1v) is 6.69. The standard InChI is InChI=1S/C11H13N5O2S/c12-8-7(5-1-2-5)11(19-9(8)10(13)17)14-3-6-15-4-18-16-6/h4-5,14H,1-3,12H2,(H2,13,17). The van der Waals surface area contributed by atoms with Gasteiger partial charge in [-0.2, -0.15) is 4.98 Å². The van der Waals surface area contributed by atoms with Gasteiger partial charge in [-0.25, -0.2) is 0 Å². The van der Waals surface area contributed by atoms with Gasteiger partial charge in [0.05, 0.1) is 17.2 Å². The summed E-state index contributed by atoms with van der Waals surface area (Å²) in [4.78, 5) is 15.7. The Morgan fingerprint density at radius 3 is 2.95 bits per heavy atom. The number of nitrogens with one attached hydrogen (secondary N) is 1. The largest absolute Gasteiger partial charge is 0.397 e. The second kappa shape index (κ2) is 4.54. The molecule has 1 aliphatic rings. The highest BCUT2D eigenvalue weighted by molar-refractivity contribution is 7.18. The van der Waals surface area contributed by atoms with E-state index in [2.05, 4.69) is 20.0 Å². The number of nitrogen functional groups attached to an aromatic ring is 1. The quantitative estimate of drug-likeness (QED) is 0.758. The molecular formula is C11H13N5O2S. The molecule has 1 aliphatic carbocycles. The van der Waals surface area contributed by atoms with Crippen LogP contribution in [0.15, 0.2) is 10.9 Å². The third-order valence-corrected chi connectivity index (χ3v) is 4.20. The van der Waals surface area contributed by atoms with Crippen LogP contribution >= 0.6 is 11.3 Å². The van der Waals surface area contributed by atoms with Gasteiger partial charge in [-0.05, 0) is 18.8 Å². The van der Waals surface area contributed by atoms with Crippen LogP contribution in [0.5, 0.6) is 0 Å². The minimum atomic E-state index is -0.489. The van der Waals surface area contributed by atoms with E-state index in [1.54, 1.807) is 0 Å². The van der Waals surface area contributed by atoms with Crippen LogP contribution in [0, 0.1) is 0 Å². The number of carbonyl (C=O) groups is 1. The predicted octanol–water partition coefficient (Wildman–Crippen LogP) is 1.30. The molecule has 0 atom stereocenters. The number of primary amides is 1. The number of carbonyl (C=O) groups excluding carboxylic acids is 1. The molecule has 7 nitrogen and oxygen atoms in total. The lowest BCUT2D eigenvalue weighted by Crippen LogP contribution is -2.11. The fourth-order valence-electron chi connectivity index (χ4n) is 1.98. The molecule has 5 N–H and O–H groups in total. The normalized spacial score (nSPS) is 14.5. The van der Waals surface area contributed by atoms with E-state index in [1.165, 1.54) is 17.7 Å². The van der Waals surface area contributed by atoms with Crippen molar-refractivity contribution in [2.75, 3.05) is 11.1 Å². The van der Waals surface area contributed by atoms with E-state index >= 15 is 0 Å². The van der Waals surface area contributed by atoms with Crippen LogP contribution < -0.4 is 16.8 Å². The molecule has 2 heterocycles. The molecule has 8 heteroatoms. The van der Waals surface area contributed by atoms with Crippen LogP contribution in [0.3, 0.4) is 0 Å². The Hall–Kier alpha value is -2.09. The molecule has 3 rings (SSSR count). The number of thiophene rings is 1. The van der Waals surface area contributed by atoms with Gasteiger partial charge in [0.15, 0.2) is 5.82 Å². The second-order valence-electron chi connectivity index (χ2n) is 4.43. The molecule has 0 unspecified atom stereocenters. The SMILES string of the molecule is NC(=O)c1sc(NCc2ncon2)c(C2CC2)c1N. The van der Waals surface area contributed by atoms with Crippen molar-refractivity contribution >= 4 is 27.9 Å². The van der Waals surface area contributed by atoms with Gasteiger partial charge in [-0.3, -0.25) is 4.79 Å². The molecule has 0 aliphatic heterocycles. The number of hydrogen-bond acceptors (Lipinski definition) is 7. The molecular weight excluding hydrogens is 266 g/mol. The molecule has 0 aromatic carbocycles. The van der Waals surface area contributed by atoms with Gasteiger partial charge in [0.2, 0.25) is 6.39 Å². The first-order valence-electron chi connectivity index (χ1n) is 5.88. The maximum absolute atomic E-state index is 11.3. The van der Waals surface area contributed by atoms with E-state index in [0.717, 1.165) is 23.4 Å². The third kappa shape index (κ3) is 2.26. The molecule has 0 spiro atoms. The third-order valence-electron chi connectivity index (χ3n) is 3.01. The van der Waals surface area contributed by atoms with Crippen molar-refractivity contribution in [3.8, 4) is 0 Å². The van der Waals surface area contributed by atoms with Gasteiger partial charge < -0.3 is 21.3 Å². The molecule has 1 amide bonds. The molecule has 0 saturated heterocycles. The van der Waals surface area contributed by atoms with Crippen molar-refractivity contribution in [1.82, 2.24) is 10.1 Å². The van der Waals surface area contributed by atoms with Crippen molar-refractivity contribution in [3.63, 3.8) is 0 Å². The smallest absolute Gasteiger partial charge is 0.260 e. The average Bonchev–Trinajstić information content (AvgIpc) is 2.96. The number of rotatable bonds is 5. The number of nitrogens with zero attached hydrogens (tertiary/aromatic N) is 2. The fraction of sp³-hybridized carbons (Fsp3) is 0.364. The van der Waals surface area contributed by atoms with E-state index in [9.17, 15) is 4.79 Å². The maximum atomic E-state index is 11.3. The van der Waals surface area contributed by atoms with Crippen molar-refractivity contribution in [3.05, 3.63) is 22.7 Å². The lowest BCUT2D eigenvalue weighted by atomic mass is 10.1. The van der Waals surface area contributed by atoms with Crippen LogP contribution in [-0.2, 0) is 6.54 Å². The summed E-state index contributed by atoms with van der Waals surface area (Å²) >= 11 is 1.29. The Labute approximate surface area is 113 Å². The maximum Gasteiger partial charge on any atom is 0.260 e. The van der Waals surface area contributed by atoms with Gasteiger partial charge >= 0.3 is 0 Å². The van der Waals surface area contributed by atoms with E-state index in [1.807, 2.05) is 0 Å². The fourth-order valence-corrected chi connectivity index (χ4v) is 3.03. The summed E-state index contributed by atoms with van der Waals surface area (Å²) in [6.07, 6.45) is 3.46. The van der Waals surface area contributed by atoms with Gasteiger partial charge in [0.1, 0.15) is 4.88 Å². The van der Waals surface area contributed by atoms with Gasteiger partial charge in [0.25, 0.3) is 5.91 Å². The number of hydrogen-bond donors (Lipinski definition) is 3. The summed E-state index contributed by atoms with van der Waals surface area (Å²) in [7, 11) is 0. The van der Waals surface area contributed by atoms with Crippen LogP contribution in [-0.4, -0.2) is 16.0 Å². The minimum absolute atomic E-state index is 0.414. The monoisotopic (exact) mass is 279 g/mol. The summed E-state index contributed by atoms with van der Waals surface area (Å²) in [5.41, 5.74) is 12.9. The second-order valence-corrected chi connectivity index (χ2v) is 5.45.